The molecular formula is C40H28ClF4Ir2KN6. The van der Waals surface area contributed by atoms with E-state index in [2.05, 4.69) is 41.7 Å². The van der Waals surface area contributed by atoms with Gasteiger partial charge in [-0.15, -0.1) is 24.3 Å². The van der Waals surface area contributed by atoms with E-state index in [0.717, 1.165) is 35.4 Å². The van der Waals surface area contributed by atoms with Crippen LogP contribution >= 0.6 is 9.58 Å². The molecule has 0 aliphatic rings. The largest absolute Gasteiger partial charge is 3.00 e. The summed E-state index contributed by atoms with van der Waals surface area (Å²) in [6.07, 6.45) is 3.10. The Hall–Kier alpha value is -3.55. The number of hydrogen-bond donors (Lipinski definition) is 0. The molecule has 6 rings (SSSR count). The molecule has 0 bridgehead atoms. The Labute approximate surface area is 385 Å². The molecule has 0 N–H and O–H groups in total. The summed E-state index contributed by atoms with van der Waals surface area (Å²) >= 11 is 1.47. The Morgan fingerprint density at radius 1 is 0.593 bits per heavy atom. The second kappa shape index (κ2) is 36.4. The van der Waals surface area contributed by atoms with Crippen LogP contribution in [0.1, 0.15) is 11.1 Å². The second-order valence-electron chi connectivity index (χ2n) is 9.16. The number of rotatable bonds is 6. The Balaban J connectivity index is -0.000000616. The summed E-state index contributed by atoms with van der Waals surface area (Å²) in [5.74, 6) is -2.57. The third kappa shape index (κ3) is 23.3. The van der Waals surface area contributed by atoms with E-state index in [-0.39, 0.29) is 82.6 Å². The normalized spacial score (nSPS) is 8.41. The van der Waals surface area contributed by atoms with E-state index in [1.165, 1.54) is 17.9 Å². The molecule has 14 heteroatoms. The fourth-order valence-corrected chi connectivity index (χ4v) is 3.68. The minimum absolute atomic E-state index is 0. The maximum atomic E-state index is 13.2. The van der Waals surface area contributed by atoms with Gasteiger partial charge in [-0.05, 0) is 34.6 Å². The summed E-state index contributed by atoms with van der Waals surface area (Å²) in [4.78, 5) is 14.9. The van der Waals surface area contributed by atoms with Crippen molar-refractivity contribution in [2.45, 2.75) is 13.1 Å². The predicted molar refractivity (Wildman–Crippen MR) is 190 cm³/mol. The zero-order valence-corrected chi connectivity index (χ0v) is 37.2. The summed E-state index contributed by atoms with van der Waals surface area (Å²) < 4.78 is 51.6. The molecule has 4 aromatic carbocycles. The summed E-state index contributed by atoms with van der Waals surface area (Å²) in [5.41, 5.74) is 3.58. The second-order valence-corrected chi connectivity index (χ2v) is 9.16. The van der Waals surface area contributed by atoms with Gasteiger partial charge in [-0.3, -0.25) is 17.6 Å². The van der Waals surface area contributed by atoms with Crippen LogP contribution in [0.25, 0.3) is 22.5 Å². The SMILES string of the molecule is Fc1c[c-]c(-c2ccccn2)c(F)c1.Fc1c[c-]c(-c2ccccn2)c(F)c1.[C-]#N.[C-]#N.[CH-]=NCc1ccccc1.[CH-]=NCc1ccccc1.[Cl][Ir+2].[Ir+3].[K+]. The number of nitrogens with zero attached hydrogens (tertiary/aromatic N) is 6. The van der Waals surface area contributed by atoms with Crippen LogP contribution in [0.3, 0.4) is 0 Å². The van der Waals surface area contributed by atoms with Crippen molar-refractivity contribution in [2.75, 3.05) is 0 Å². The van der Waals surface area contributed by atoms with Crippen LogP contribution in [0.4, 0.5) is 17.6 Å². The van der Waals surface area contributed by atoms with Gasteiger partial charge in [0.05, 0.1) is 0 Å². The number of hydrogen-bond acceptors (Lipinski definition) is 6. The van der Waals surface area contributed by atoms with Gasteiger partial charge in [0.2, 0.25) is 0 Å². The Morgan fingerprint density at radius 3 is 1.17 bits per heavy atom. The molecule has 6 nitrogen and oxygen atoms in total. The molecule has 54 heavy (non-hydrogen) atoms. The van der Waals surface area contributed by atoms with Crippen molar-refractivity contribution in [3.8, 4) is 22.5 Å². The van der Waals surface area contributed by atoms with Crippen LogP contribution in [0.15, 0.2) is 144 Å². The molecule has 0 aliphatic heterocycles. The van der Waals surface area contributed by atoms with Gasteiger partial charge in [-0.1, -0.05) is 108 Å². The van der Waals surface area contributed by atoms with Crippen molar-refractivity contribution in [1.82, 2.24) is 9.97 Å². The van der Waals surface area contributed by atoms with E-state index >= 15 is 0 Å². The van der Waals surface area contributed by atoms with Gasteiger partial charge in [-0.2, -0.15) is 0 Å². The number of pyridine rings is 2. The third-order valence-corrected chi connectivity index (χ3v) is 5.79. The standard InChI is InChI=1S/2C11H6F2N.2C8H8N.2CN.ClH.2Ir.K/c2*12-8-4-5-9(10(13)7-8)11-3-1-2-6-14-11;2*1-9-7-8-5-3-2-4-6-8;2*1-2;;;;/h2*1-4,6-7H;2*1-6H,7H2;;;1H;;;/q6*-1;;2*+3;+1/p-1. The summed E-state index contributed by atoms with van der Waals surface area (Å²) in [7, 11) is 4.64. The topological polar surface area (TPSA) is 98.1 Å². The van der Waals surface area contributed by atoms with Crippen LogP contribution < -0.4 is 51.4 Å². The van der Waals surface area contributed by atoms with E-state index in [1.807, 2.05) is 60.7 Å². The van der Waals surface area contributed by atoms with E-state index in [0.29, 0.717) is 24.5 Å². The predicted octanol–water partition coefficient (Wildman–Crippen LogP) is 7.06. The Kier molecular flexibility index (Phi) is 37.0. The Bertz CT molecular complexity index is 1740. The molecule has 0 radical (unpaired) electrons. The van der Waals surface area contributed by atoms with E-state index in [4.69, 9.17) is 37.1 Å². The molecule has 0 saturated heterocycles. The zero-order chi connectivity index (χ0) is 39.0. The van der Waals surface area contributed by atoms with Crippen LogP contribution in [-0.2, 0) is 51.1 Å². The molecule has 272 valence electrons. The minimum Gasteiger partial charge on any atom is 1.00 e. The molecule has 2 aromatic heterocycles. The van der Waals surface area contributed by atoms with Crippen LogP contribution in [-0.4, -0.2) is 23.4 Å². The molecular weight excluding hydrogens is 1100 g/mol. The number of aromatic nitrogens is 2. The third-order valence-electron chi connectivity index (χ3n) is 5.79. The number of halogens is 5. The first-order valence-electron chi connectivity index (χ1n) is 14.4. The van der Waals surface area contributed by atoms with E-state index in [9.17, 15) is 17.6 Å². The first-order valence-corrected chi connectivity index (χ1v) is 17.3. The van der Waals surface area contributed by atoms with Crippen molar-refractivity contribution in [2.24, 2.45) is 9.98 Å². The number of aliphatic imine (C=N–C) groups is 2. The molecule has 6 aromatic rings. The van der Waals surface area contributed by atoms with Crippen molar-refractivity contribution < 1.29 is 107 Å². The minimum atomic E-state index is -0.649. The fraction of sp³-hybridized carbons (Fsp3) is 0.0500. The smallest absolute Gasteiger partial charge is 1.00 e. The van der Waals surface area contributed by atoms with Crippen molar-refractivity contribution in [3.63, 3.8) is 0 Å². The fourth-order valence-electron chi connectivity index (χ4n) is 3.68. The van der Waals surface area contributed by atoms with E-state index in [1.54, 1.807) is 48.8 Å². The van der Waals surface area contributed by atoms with Gasteiger partial charge >= 0.3 is 99.0 Å². The maximum absolute atomic E-state index is 13.2. The molecule has 0 fully saturated rings. The molecule has 0 unspecified atom stereocenters. The first kappa shape index (κ1) is 54.8. The van der Waals surface area contributed by atoms with Crippen LogP contribution in [0.2, 0.25) is 0 Å². The molecule has 0 amide bonds. The van der Waals surface area contributed by atoms with Gasteiger partial charge in [-0.25, -0.2) is 0 Å². The van der Waals surface area contributed by atoms with Crippen LogP contribution in [0, 0.1) is 59.1 Å². The van der Waals surface area contributed by atoms with Crippen molar-refractivity contribution >= 4 is 23.0 Å². The zero-order valence-electron chi connectivity index (χ0n) is 28.5. The van der Waals surface area contributed by atoms with Crippen LogP contribution in [0.5, 0.6) is 0 Å². The molecule has 0 aliphatic carbocycles. The first-order chi connectivity index (χ1) is 25.4. The monoisotopic (exact) mass is 1130 g/mol. The number of benzene rings is 4. The van der Waals surface area contributed by atoms with Crippen molar-refractivity contribution in [1.29, 1.82) is 10.5 Å². The van der Waals surface area contributed by atoms with Gasteiger partial charge in [0.25, 0.3) is 0 Å². The van der Waals surface area contributed by atoms with E-state index < -0.39 is 23.3 Å². The Morgan fingerprint density at radius 2 is 0.907 bits per heavy atom. The van der Waals surface area contributed by atoms with Gasteiger partial charge < -0.3 is 57.1 Å². The van der Waals surface area contributed by atoms with Gasteiger partial charge in [0, 0.05) is 48.8 Å². The molecule has 0 spiro atoms. The molecule has 2 heterocycles. The average molecular weight is 1130 g/mol. The molecule has 0 saturated carbocycles. The van der Waals surface area contributed by atoms with Gasteiger partial charge in [0.1, 0.15) is 0 Å². The van der Waals surface area contributed by atoms with Crippen molar-refractivity contribution in [3.05, 3.63) is 193 Å². The molecule has 0 atom stereocenters. The summed E-state index contributed by atoms with van der Waals surface area (Å²) in [6.45, 7) is 20.7. The quantitative estimate of drug-likeness (QED) is 0.0773. The summed E-state index contributed by atoms with van der Waals surface area (Å²) in [5, 5.41) is 12.5. The average Bonchev–Trinajstić information content (AvgIpc) is 3.20. The maximum Gasteiger partial charge on any atom is 3.00 e. The van der Waals surface area contributed by atoms with Gasteiger partial charge in [0.15, 0.2) is 0 Å². The summed E-state index contributed by atoms with van der Waals surface area (Å²) in [6, 6.07) is 38.9.